The van der Waals surface area contributed by atoms with E-state index >= 15 is 0 Å². The van der Waals surface area contributed by atoms with E-state index in [1.54, 1.807) is 18.0 Å². The fourth-order valence-corrected chi connectivity index (χ4v) is 1.69. The fourth-order valence-electron chi connectivity index (χ4n) is 1.69. The number of allylic oxidation sites excluding steroid dienone is 3. The fraction of sp³-hybridized carbons (Fsp3) is 0.462. The van der Waals surface area contributed by atoms with Crippen molar-refractivity contribution >= 4 is 5.91 Å². The summed E-state index contributed by atoms with van der Waals surface area (Å²) in [7, 11) is 0. The first-order chi connectivity index (χ1) is 7.24. The van der Waals surface area contributed by atoms with Crippen LogP contribution in [-0.4, -0.2) is 17.4 Å². The second kappa shape index (κ2) is 6.23. The van der Waals surface area contributed by atoms with E-state index in [0.717, 1.165) is 6.42 Å². The lowest BCUT2D eigenvalue weighted by Gasteiger charge is -2.15. The zero-order valence-electron chi connectivity index (χ0n) is 9.36. The number of carbonyl (C=O) groups is 1. The van der Waals surface area contributed by atoms with Crippen LogP contribution in [0.3, 0.4) is 0 Å². The molecule has 15 heavy (non-hydrogen) atoms. The van der Waals surface area contributed by atoms with Crippen LogP contribution in [-0.2, 0) is 4.79 Å². The molecule has 1 rings (SSSR count). The summed E-state index contributed by atoms with van der Waals surface area (Å²) >= 11 is 0. The lowest BCUT2D eigenvalue weighted by molar-refractivity contribution is -0.125. The third-order valence-electron chi connectivity index (χ3n) is 2.64. The van der Waals surface area contributed by atoms with Crippen LogP contribution in [0.5, 0.6) is 0 Å². The van der Waals surface area contributed by atoms with Gasteiger partial charge in [-0.25, -0.2) is 0 Å². The minimum atomic E-state index is 0.0400. The molecule has 0 radical (unpaired) electrons. The third kappa shape index (κ3) is 4.15. The van der Waals surface area contributed by atoms with E-state index in [4.69, 9.17) is 0 Å². The van der Waals surface area contributed by atoms with Crippen molar-refractivity contribution in [2.24, 2.45) is 5.92 Å². The number of hydrogen-bond acceptors (Lipinski definition) is 1. The largest absolute Gasteiger partial charge is 0.316 e. The van der Waals surface area contributed by atoms with Gasteiger partial charge in [-0.2, -0.15) is 0 Å². The van der Waals surface area contributed by atoms with Gasteiger partial charge in [0.2, 0.25) is 5.91 Å². The highest BCUT2D eigenvalue weighted by Crippen LogP contribution is 2.18. The van der Waals surface area contributed by atoms with Crippen molar-refractivity contribution < 1.29 is 4.79 Å². The van der Waals surface area contributed by atoms with E-state index in [1.165, 1.54) is 12.8 Å². The van der Waals surface area contributed by atoms with Crippen molar-refractivity contribution in [3.05, 3.63) is 37.1 Å². The monoisotopic (exact) mass is 205 g/mol. The molecule has 0 fully saturated rings. The zero-order chi connectivity index (χ0) is 11.1. The van der Waals surface area contributed by atoms with E-state index in [1.807, 2.05) is 0 Å². The molecule has 1 aliphatic carbocycles. The lowest BCUT2D eigenvalue weighted by Crippen LogP contribution is -2.22. The second-order valence-electron chi connectivity index (χ2n) is 3.83. The highest BCUT2D eigenvalue weighted by atomic mass is 16.2. The topological polar surface area (TPSA) is 20.3 Å². The van der Waals surface area contributed by atoms with Gasteiger partial charge in [-0.3, -0.25) is 4.79 Å². The third-order valence-corrected chi connectivity index (χ3v) is 2.64. The van der Waals surface area contributed by atoms with Gasteiger partial charge in [0.1, 0.15) is 0 Å². The first-order valence-electron chi connectivity index (χ1n) is 5.45. The van der Waals surface area contributed by atoms with Gasteiger partial charge in [0.05, 0.1) is 0 Å². The number of hydrogen-bond donors (Lipinski definition) is 0. The van der Waals surface area contributed by atoms with Crippen molar-refractivity contribution in [1.82, 2.24) is 4.90 Å². The van der Waals surface area contributed by atoms with Crippen molar-refractivity contribution in [2.45, 2.75) is 26.2 Å². The molecule has 82 valence electrons. The maximum absolute atomic E-state index is 11.1. The summed E-state index contributed by atoms with van der Waals surface area (Å²) in [5, 5.41) is 0. The van der Waals surface area contributed by atoms with Crippen LogP contribution < -0.4 is 0 Å². The summed E-state index contributed by atoms with van der Waals surface area (Å²) < 4.78 is 0. The van der Waals surface area contributed by atoms with Gasteiger partial charge in [0, 0.05) is 13.5 Å². The van der Waals surface area contributed by atoms with Gasteiger partial charge >= 0.3 is 0 Å². The van der Waals surface area contributed by atoms with E-state index in [9.17, 15) is 4.79 Å². The SMILES string of the molecule is C=CN(CC=CC1CC=CCC1)C(C)=O. The van der Waals surface area contributed by atoms with Gasteiger partial charge in [-0.15, -0.1) is 0 Å². The van der Waals surface area contributed by atoms with E-state index in [2.05, 4.69) is 30.9 Å². The van der Waals surface area contributed by atoms with Crippen LogP contribution in [0.1, 0.15) is 26.2 Å². The maximum Gasteiger partial charge on any atom is 0.223 e. The van der Waals surface area contributed by atoms with Gasteiger partial charge in [0.15, 0.2) is 0 Å². The summed E-state index contributed by atoms with van der Waals surface area (Å²) in [5.41, 5.74) is 0. The first kappa shape index (κ1) is 11.8. The van der Waals surface area contributed by atoms with Gasteiger partial charge in [-0.1, -0.05) is 30.9 Å². The number of amides is 1. The number of rotatable bonds is 4. The molecule has 2 nitrogen and oxygen atoms in total. The highest BCUT2D eigenvalue weighted by Gasteiger charge is 2.06. The average Bonchev–Trinajstić information content (AvgIpc) is 2.25. The molecule has 0 aromatic heterocycles. The number of carbonyl (C=O) groups excluding carboxylic acids is 1. The molecule has 1 atom stereocenters. The molecule has 2 heteroatoms. The van der Waals surface area contributed by atoms with E-state index in [0.29, 0.717) is 12.5 Å². The molecule has 0 spiro atoms. The van der Waals surface area contributed by atoms with E-state index in [-0.39, 0.29) is 5.91 Å². The van der Waals surface area contributed by atoms with Crippen molar-refractivity contribution in [1.29, 1.82) is 0 Å². The van der Waals surface area contributed by atoms with Crippen LogP contribution >= 0.6 is 0 Å². The Morgan fingerprint density at radius 1 is 1.60 bits per heavy atom. The molecule has 0 saturated heterocycles. The molecule has 0 bridgehead atoms. The van der Waals surface area contributed by atoms with Crippen LogP contribution in [0.2, 0.25) is 0 Å². The Kier molecular flexibility index (Phi) is 4.88. The van der Waals surface area contributed by atoms with Gasteiger partial charge in [-0.05, 0) is 31.4 Å². The Hall–Kier alpha value is -1.31. The minimum absolute atomic E-state index is 0.0400. The second-order valence-corrected chi connectivity index (χ2v) is 3.83. The quantitative estimate of drug-likeness (QED) is 0.646. The minimum Gasteiger partial charge on any atom is -0.316 e. The molecule has 0 saturated carbocycles. The predicted octanol–water partition coefficient (Wildman–Crippen LogP) is 2.89. The molecule has 0 N–H and O–H groups in total. The van der Waals surface area contributed by atoms with Crippen molar-refractivity contribution in [3.8, 4) is 0 Å². The average molecular weight is 205 g/mol. The number of nitrogens with zero attached hydrogens (tertiary/aromatic N) is 1. The lowest BCUT2D eigenvalue weighted by atomic mass is 9.94. The van der Waals surface area contributed by atoms with Crippen LogP contribution in [0.15, 0.2) is 37.1 Å². The predicted molar refractivity (Wildman–Crippen MR) is 63.2 cm³/mol. The first-order valence-corrected chi connectivity index (χ1v) is 5.45. The van der Waals surface area contributed by atoms with Crippen LogP contribution in [0, 0.1) is 5.92 Å². The standard InChI is InChI=1S/C13H19NO/c1-3-14(12(2)15)11-7-10-13-8-5-4-6-9-13/h3-5,7,10,13H,1,6,8-9,11H2,2H3. The van der Waals surface area contributed by atoms with Crippen LogP contribution in [0.25, 0.3) is 0 Å². The Balaban J connectivity index is 2.34. The highest BCUT2D eigenvalue weighted by molar-refractivity contribution is 5.74. The smallest absolute Gasteiger partial charge is 0.223 e. The van der Waals surface area contributed by atoms with Gasteiger partial charge in [0.25, 0.3) is 0 Å². The summed E-state index contributed by atoms with van der Waals surface area (Å²) in [6.45, 7) is 5.80. The summed E-state index contributed by atoms with van der Waals surface area (Å²) in [4.78, 5) is 12.7. The molecular weight excluding hydrogens is 186 g/mol. The molecule has 0 aromatic carbocycles. The zero-order valence-corrected chi connectivity index (χ0v) is 9.36. The Labute approximate surface area is 92.0 Å². The summed E-state index contributed by atoms with van der Waals surface area (Å²) in [6, 6.07) is 0. The van der Waals surface area contributed by atoms with Crippen LogP contribution in [0.4, 0.5) is 0 Å². The molecule has 0 heterocycles. The molecule has 1 amide bonds. The molecule has 1 aliphatic rings. The summed E-state index contributed by atoms with van der Waals surface area (Å²) in [6.07, 6.45) is 13.8. The molecule has 0 aliphatic heterocycles. The normalized spacial score (nSPS) is 20.5. The molecule has 0 aromatic rings. The Bertz CT molecular complexity index is 278. The molecule has 1 unspecified atom stereocenters. The Morgan fingerprint density at radius 2 is 2.40 bits per heavy atom. The maximum atomic E-state index is 11.1. The summed E-state index contributed by atoms with van der Waals surface area (Å²) in [5.74, 6) is 0.687. The van der Waals surface area contributed by atoms with E-state index < -0.39 is 0 Å². The van der Waals surface area contributed by atoms with Crippen molar-refractivity contribution in [3.63, 3.8) is 0 Å². The molecular formula is C13H19NO. The Morgan fingerprint density at radius 3 is 2.93 bits per heavy atom. The van der Waals surface area contributed by atoms with Crippen molar-refractivity contribution in [2.75, 3.05) is 6.54 Å². The van der Waals surface area contributed by atoms with Gasteiger partial charge < -0.3 is 4.90 Å².